The highest BCUT2D eigenvalue weighted by atomic mass is 32.1. The van der Waals surface area contributed by atoms with Crippen LogP contribution < -0.4 is 19.6 Å². The first-order valence-electron chi connectivity index (χ1n) is 13.6. The van der Waals surface area contributed by atoms with E-state index in [4.69, 9.17) is 14.1 Å². The first kappa shape index (κ1) is 26.0. The molecule has 0 fully saturated rings. The van der Waals surface area contributed by atoms with Crippen LogP contribution in [0, 0.1) is 6.92 Å². The summed E-state index contributed by atoms with van der Waals surface area (Å²) in [7, 11) is 1.64. The van der Waals surface area contributed by atoms with Crippen molar-refractivity contribution in [2.75, 3.05) is 7.11 Å². The fourth-order valence-electron chi connectivity index (χ4n) is 5.91. The number of aromatic carboxylic acids is 1. The van der Waals surface area contributed by atoms with Gasteiger partial charge in [0.25, 0.3) is 5.56 Å². The van der Waals surface area contributed by atoms with Crippen molar-refractivity contribution in [1.82, 2.24) is 4.57 Å². The summed E-state index contributed by atoms with van der Waals surface area (Å²) < 4.78 is 14.0. The fraction of sp³-hybridized carbons (Fsp3) is 0.147. The monoisotopic (exact) mass is 574 g/mol. The normalized spacial score (nSPS) is 16.0. The molecule has 7 nitrogen and oxygen atoms in total. The number of furan rings is 1. The molecule has 0 bridgehead atoms. The van der Waals surface area contributed by atoms with Crippen LogP contribution in [0.25, 0.3) is 23.1 Å². The van der Waals surface area contributed by atoms with E-state index in [0.29, 0.717) is 20.9 Å². The van der Waals surface area contributed by atoms with Crippen LogP contribution in [0.15, 0.2) is 98.6 Å². The molecule has 0 amide bonds. The van der Waals surface area contributed by atoms with E-state index in [9.17, 15) is 14.7 Å². The number of carbonyl (C=O) groups is 1. The quantitative estimate of drug-likeness (QED) is 0.295. The third-order valence-electron chi connectivity index (χ3n) is 7.92. The van der Waals surface area contributed by atoms with Crippen molar-refractivity contribution in [2.45, 2.75) is 25.8 Å². The van der Waals surface area contributed by atoms with Gasteiger partial charge in [0.2, 0.25) is 0 Å². The van der Waals surface area contributed by atoms with Crippen molar-refractivity contribution in [3.8, 4) is 17.1 Å². The molecule has 0 saturated heterocycles. The number of hydrogen-bond donors (Lipinski definition) is 1. The number of aryl methyl sites for hydroxylation is 2. The Balaban J connectivity index is 1.37. The molecule has 3 aromatic carbocycles. The summed E-state index contributed by atoms with van der Waals surface area (Å²) in [5.41, 5.74) is 7.10. The van der Waals surface area contributed by atoms with Gasteiger partial charge in [0.1, 0.15) is 17.3 Å². The van der Waals surface area contributed by atoms with Crippen molar-refractivity contribution in [3.05, 3.63) is 138 Å². The van der Waals surface area contributed by atoms with Gasteiger partial charge in [-0.2, -0.15) is 0 Å². The zero-order valence-corrected chi connectivity index (χ0v) is 23.8. The van der Waals surface area contributed by atoms with Gasteiger partial charge in [-0.05, 0) is 78.4 Å². The number of carboxylic acids is 1. The predicted octanol–water partition coefficient (Wildman–Crippen LogP) is 5.59. The highest BCUT2D eigenvalue weighted by molar-refractivity contribution is 7.07. The maximum atomic E-state index is 14.0. The van der Waals surface area contributed by atoms with Gasteiger partial charge in [-0.15, -0.1) is 0 Å². The van der Waals surface area contributed by atoms with E-state index in [2.05, 4.69) is 18.2 Å². The van der Waals surface area contributed by atoms with Crippen LogP contribution in [0.4, 0.5) is 0 Å². The molecule has 7 rings (SSSR count). The molecule has 0 saturated carbocycles. The number of hydrogen-bond acceptors (Lipinski definition) is 6. The van der Waals surface area contributed by atoms with Gasteiger partial charge >= 0.3 is 5.97 Å². The fourth-order valence-corrected chi connectivity index (χ4v) is 6.89. The van der Waals surface area contributed by atoms with Crippen LogP contribution in [0.2, 0.25) is 0 Å². The number of carboxylic acid groups (broad SMARTS) is 1. The average Bonchev–Trinajstić information content (AvgIpc) is 3.59. The van der Waals surface area contributed by atoms with Gasteiger partial charge < -0.3 is 14.3 Å². The summed E-state index contributed by atoms with van der Waals surface area (Å²) >= 11 is 1.35. The molecule has 208 valence electrons. The Morgan fingerprint density at radius 2 is 1.90 bits per heavy atom. The van der Waals surface area contributed by atoms with Gasteiger partial charge in [-0.1, -0.05) is 53.8 Å². The van der Waals surface area contributed by atoms with Crippen LogP contribution in [0.5, 0.6) is 5.75 Å². The van der Waals surface area contributed by atoms with E-state index in [0.717, 1.165) is 52.1 Å². The van der Waals surface area contributed by atoms with E-state index in [1.807, 2.05) is 49.4 Å². The van der Waals surface area contributed by atoms with Crippen LogP contribution in [0.3, 0.4) is 0 Å². The lowest BCUT2D eigenvalue weighted by molar-refractivity contribution is 0.0696. The number of benzene rings is 3. The SMILES string of the molecule is COc1cccc(C2C3=C(N=c4sc(=Cc5ccc(-c6ccc(C(=O)O)cc6C)o5)c(=O)n42)c2ccccc2CC3)c1. The van der Waals surface area contributed by atoms with Crippen molar-refractivity contribution in [2.24, 2.45) is 4.99 Å². The molecule has 2 aliphatic rings. The van der Waals surface area contributed by atoms with Crippen molar-refractivity contribution < 1.29 is 19.1 Å². The molecule has 1 N–H and O–H groups in total. The molecule has 0 radical (unpaired) electrons. The van der Waals surface area contributed by atoms with Crippen LogP contribution in [-0.2, 0) is 6.42 Å². The van der Waals surface area contributed by atoms with Crippen LogP contribution in [-0.4, -0.2) is 22.8 Å². The standard InChI is InChI=1S/C34H26N2O5S/c1-19-16-22(33(38)39)11-13-25(19)28-15-12-24(41-28)18-29-32(37)36-31(21-7-5-8-23(17-21)40-2)27-14-10-20-6-3-4-9-26(20)30(27)35-34(36)42-29/h3-9,11-13,15-18,31H,10,14H2,1-2H3,(H,38,39). The number of fused-ring (bicyclic) bond motifs is 3. The van der Waals surface area contributed by atoms with Crippen molar-refractivity contribution in [3.63, 3.8) is 0 Å². The van der Waals surface area contributed by atoms with Crippen molar-refractivity contribution in [1.29, 1.82) is 0 Å². The molecule has 8 heteroatoms. The Kier molecular flexibility index (Phi) is 6.28. The van der Waals surface area contributed by atoms with Crippen molar-refractivity contribution >= 4 is 29.1 Å². The molecule has 5 aromatic rings. The third kappa shape index (κ3) is 4.31. The Labute approximate surface area is 245 Å². The van der Waals surface area contributed by atoms with Crippen LogP contribution in [0.1, 0.15) is 50.8 Å². The summed E-state index contributed by atoms with van der Waals surface area (Å²) in [6.45, 7) is 1.85. The zero-order valence-electron chi connectivity index (χ0n) is 23.0. The second-order valence-electron chi connectivity index (χ2n) is 10.4. The molecule has 42 heavy (non-hydrogen) atoms. The highest BCUT2D eigenvalue weighted by Gasteiger charge is 2.32. The maximum Gasteiger partial charge on any atom is 0.335 e. The molecule has 3 heterocycles. The summed E-state index contributed by atoms with van der Waals surface area (Å²) in [6.07, 6.45) is 3.45. The second kappa shape index (κ2) is 10.2. The smallest absolute Gasteiger partial charge is 0.335 e. The number of aromatic nitrogens is 1. The molecular formula is C34H26N2O5S. The maximum absolute atomic E-state index is 14.0. The lowest BCUT2D eigenvalue weighted by Gasteiger charge is -2.31. The minimum atomic E-state index is -0.974. The summed E-state index contributed by atoms with van der Waals surface area (Å²) in [5, 5.41) is 9.29. The Bertz CT molecular complexity index is 2110. The van der Waals surface area contributed by atoms with Gasteiger partial charge in [-0.25, -0.2) is 9.79 Å². The van der Waals surface area contributed by atoms with Crippen LogP contribution >= 0.6 is 11.3 Å². The minimum Gasteiger partial charge on any atom is -0.497 e. The van der Waals surface area contributed by atoms with E-state index in [1.165, 1.54) is 16.9 Å². The zero-order chi connectivity index (χ0) is 29.0. The predicted molar refractivity (Wildman–Crippen MR) is 162 cm³/mol. The minimum absolute atomic E-state index is 0.128. The lowest BCUT2D eigenvalue weighted by Crippen LogP contribution is -2.38. The van der Waals surface area contributed by atoms with E-state index >= 15 is 0 Å². The molecule has 1 atom stereocenters. The van der Waals surface area contributed by atoms with E-state index in [-0.39, 0.29) is 17.2 Å². The molecule has 2 aromatic heterocycles. The number of thiazole rings is 1. The van der Waals surface area contributed by atoms with Gasteiger partial charge in [0.15, 0.2) is 4.80 Å². The number of rotatable bonds is 5. The first-order chi connectivity index (χ1) is 20.4. The highest BCUT2D eigenvalue weighted by Crippen LogP contribution is 2.41. The Hall–Kier alpha value is -4.95. The van der Waals surface area contributed by atoms with E-state index in [1.54, 1.807) is 36.0 Å². The van der Waals surface area contributed by atoms with Gasteiger partial charge in [-0.3, -0.25) is 9.36 Å². The largest absolute Gasteiger partial charge is 0.497 e. The Morgan fingerprint density at radius 3 is 2.71 bits per heavy atom. The van der Waals surface area contributed by atoms with E-state index < -0.39 is 5.97 Å². The number of nitrogens with zero attached hydrogens (tertiary/aromatic N) is 2. The molecule has 0 spiro atoms. The molecule has 1 unspecified atom stereocenters. The second-order valence-corrected chi connectivity index (χ2v) is 11.4. The lowest BCUT2D eigenvalue weighted by atomic mass is 9.83. The topological polar surface area (TPSA) is 94.0 Å². The third-order valence-corrected chi connectivity index (χ3v) is 8.90. The Morgan fingerprint density at radius 1 is 1.05 bits per heavy atom. The molecule has 1 aliphatic heterocycles. The summed E-state index contributed by atoms with van der Waals surface area (Å²) in [4.78, 5) is 31.1. The summed E-state index contributed by atoms with van der Waals surface area (Å²) in [6, 6.07) is 24.5. The number of ether oxygens (including phenoxy) is 1. The number of methoxy groups -OCH3 is 1. The molecular weight excluding hydrogens is 548 g/mol. The first-order valence-corrected chi connectivity index (χ1v) is 14.4. The van der Waals surface area contributed by atoms with Gasteiger partial charge in [0, 0.05) is 17.2 Å². The number of allylic oxidation sites excluding steroid dienone is 1. The molecule has 1 aliphatic carbocycles. The average molecular weight is 575 g/mol. The van der Waals surface area contributed by atoms with Gasteiger partial charge in [0.05, 0.1) is 28.9 Å². The summed E-state index contributed by atoms with van der Waals surface area (Å²) in [5.74, 6) is 0.895.